The maximum absolute atomic E-state index is 12.0. The van der Waals surface area contributed by atoms with Crippen LogP contribution in [0.5, 0.6) is 0 Å². The molecule has 1 saturated carbocycles. The molecule has 6 heteroatoms. The van der Waals surface area contributed by atoms with Crippen LogP contribution < -0.4 is 9.80 Å². The maximum Gasteiger partial charge on any atom is 0.225 e. The lowest BCUT2D eigenvalue weighted by Crippen LogP contribution is -2.49. The summed E-state index contributed by atoms with van der Waals surface area (Å²) in [5.41, 5.74) is 0. The minimum absolute atomic E-state index is 0.320. The fourth-order valence-corrected chi connectivity index (χ4v) is 2.47. The zero-order valence-electron chi connectivity index (χ0n) is 12.1. The average molecular weight is 275 g/mol. The van der Waals surface area contributed by atoms with Gasteiger partial charge in [0.1, 0.15) is 0 Å². The van der Waals surface area contributed by atoms with Crippen molar-refractivity contribution in [3.05, 3.63) is 12.1 Å². The minimum atomic E-state index is 0.320. The summed E-state index contributed by atoms with van der Waals surface area (Å²) in [5, 5.41) is 8.47. The van der Waals surface area contributed by atoms with Gasteiger partial charge in [-0.05, 0) is 25.0 Å². The van der Waals surface area contributed by atoms with Crippen molar-refractivity contribution in [2.24, 2.45) is 5.92 Å². The van der Waals surface area contributed by atoms with Gasteiger partial charge in [-0.25, -0.2) is 0 Å². The van der Waals surface area contributed by atoms with Gasteiger partial charge >= 0.3 is 0 Å². The number of carbonyl (C=O) groups is 1. The van der Waals surface area contributed by atoms with Gasteiger partial charge in [0.2, 0.25) is 5.91 Å². The lowest BCUT2D eigenvalue weighted by molar-refractivity contribution is -0.132. The Morgan fingerprint density at radius 2 is 1.85 bits per heavy atom. The molecule has 0 bridgehead atoms. The van der Waals surface area contributed by atoms with Crippen LogP contribution in [0.25, 0.3) is 0 Å². The SMILES string of the molecule is CN(C)c1ccc(N2CCN(C(=O)C3CC3)CC2)nn1. The van der Waals surface area contributed by atoms with E-state index < -0.39 is 0 Å². The lowest BCUT2D eigenvalue weighted by atomic mass is 10.2. The second kappa shape index (κ2) is 5.26. The molecule has 108 valence electrons. The Morgan fingerprint density at radius 1 is 1.15 bits per heavy atom. The molecule has 2 aliphatic rings. The predicted octanol–water partition coefficient (Wildman–Crippen LogP) is 0.601. The van der Waals surface area contributed by atoms with E-state index in [-0.39, 0.29) is 0 Å². The molecule has 0 radical (unpaired) electrons. The first kappa shape index (κ1) is 13.1. The van der Waals surface area contributed by atoms with E-state index in [4.69, 9.17) is 0 Å². The fourth-order valence-electron chi connectivity index (χ4n) is 2.47. The molecule has 0 N–H and O–H groups in total. The second-order valence-electron chi connectivity index (χ2n) is 5.73. The molecule has 3 rings (SSSR count). The zero-order valence-corrected chi connectivity index (χ0v) is 12.1. The highest BCUT2D eigenvalue weighted by Gasteiger charge is 2.34. The summed E-state index contributed by atoms with van der Waals surface area (Å²) in [4.78, 5) is 18.1. The molecule has 0 aromatic carbocycles. The van der Waals surface area contributed by atoms with Crippen molar-refractivity contribution < 1.29 is 4.79 Å². The van der Waals surface area contributed by atoms with Gasteiger partial charge in [0.25, 0.3) is 0 Å². The van der Waals surface area contributed by atoms with Gasteiger partial charge in [0.05, 0.1) is 0 Å². The first-order chi connectivity index (χ1) is 9.65. The molecular formula is C14H21N5O. The Kier molecular flexibility index (Phi) is 3.46. The molecule has 6 nitrogen and oxygen atoms in total. The molecule has 2 heterocycles. The molecule has 0 unspecified atom stereocenters. The van der Waals surface area contributed by atoms with Crippen LogP contribution in [0.3, 0.4) is 0 Å². The van der Waals surface area contributed by atoms with Gasteiger partial charge < -0.3 is 14.7 Å². The summed E-state index contributed by atoms with van der Waals surface area (Å²) < 4.78 is 0. The lowest BCUT2D eigenvalue weighted by Gasteiger charge is -2.35. The number of amides is 1. The fraction of sp³-hybridized carbons (Fsp3) is 0.643. The van der Waals surface area contributed by atoms with E-state index in [0.717, 1.165) is 50.7 Å². The van der Waals surface area contributed by atoms with Crippen LogP contribution in [-0.2, 0) is 4.79 Å². The van der Waals surface area contributed by atoms with Crippen LogP contribution in [0, 0.1) is 5.92 Å². The molecule has 2 fully saturated rings. The summed E-state index contributed by atoms with van der Waals surface area (Å²) in [5.74, 6) is 2.42. The number of nitrogens with zero attached hydrogens (tertiary/aromatic N) is 5. The monoisotopic (exact) mass is 275 g/mol. The Morgan fingerprint density at radius 3 is 2.35 bits per heavy atom. The van der Waals surface area contributed by atoms with Gasteiger partial charge in [-0.3, -0.25) is 4.79 Å². The van der Waals surface area contributed by atoms with Gasteiger partial charge in [-0.1, -0.05) is 0 Å². The first-order valence-corrected chi connectivity index (χ1v) is 7.20. The van der Waals surface area contributed by atoms with Crippen LogP contribution in [0.4, 0.5) is 11.6 Å². The van der Waals surface area contributed by atoms with Crippen molar-refractivity contribution in [3.8, 4) is 0 Å². The van der Waals surface area contributed by atoms with E-state index in [2.05, 4.69) is 15.1 Å². The Bertz CT molecular complexity index is 475. The largest absolute Gasteiger partial charge is 0.361 e. The summed E-state index contributed by atoms with van der Waals surface area (Å²) >= 11 is 0. The number of carbonyl (C=O) groups excluding carboxylic acids is 1. The summed E-state index contributed by atoms with van der Waals surface area (Å²) in [6.07, 6.45) is 2.16. The van der Waals surface area contributed by atoms with Crippen molar-refractivity contribution in [1.82, 2.24) is 15.1 Å². The van der Waals surface area contributed by atoms with Crippen LogP contribution in [0.1, 0.15) is 12.8 Å². The molecule has 1 saturated heterocycles. The normalized spacial score (nSPS) is 19.1. The molecule has 1 aliphatic carbocycles. The number of hydrogen-bond acceptors (Lipinski definition) is 5. The number of aromatic nitrogens is 2. The molecule has 20 heavy (non-hydrogen) atoms. The Balaban J connectivity index is 1.58. The van der Waals surface area contributed by atoms with Crippen LogP contribution >= 0.6 is 0 Å². The Hall–Kier alpha value is -1.85. The smallest absolute Gasteiger partial charge is 0.225 e. The highest BCUT2D eigenvalue weighted by molar-refractivity contribution is 5.81. The van der Waals surface area contributed by atoms with Gasteiger partial charge in [-0.15, -0.1) is 10.2 Å². The highest BCUT2D eigenvalue weighted by Crippen LogP contribution is 2.31. The van der Waals surface area contributed by atoms with E-state index >= 15 is 0 Å². The van der Waals surface area contributed by atoms with E-state index in [0.29, 0.717) is 11.8 Å². The molecule has 1 aromatic rings. The molecule has 1 aromatic heterocycles. The third kappa shape index (κ3) is 2.69. The minimum Gasteiger partial charge on any atom is -0.361 e. The molecule has 1 amide bonds. The van der Waals surface area contributed by atoms with Crippen molar-refractivity contribution >= 4 is 17.5 Å². The predicted molar refractivity (Wildman–Crippen MR) is 77.9 cm³/mol. The maximum atomic E-state index is 12.0. The quantitative estimate of drug-likeness (QED) is 0.808. The molecule has 0 atom stereocenters. The van der Waals surface area contributed by atoms with Crippen molar-refractivity contribution in [3.63, 3.8) is 0 Å². The number of rotatable bonds is 3. The van der Waals surface area contributed by atoms with Crippen molar-refractivity contribution in [2.75, 3.05) is 50.1 Å². The molecule has 0 spiro atoms. The van der Waals surface area contributed by atoms with Gasteiger partial charge in [-0.2, -0.15) is 0 Å². The standard InChI is InChI=1S/C14H21N5O/c1-17(2)12-5-6-13(16-15-12)18-7-9-19(10-8-18)14(20)11-3-4-11/h5-6,11H,3-4,7-10H2,1-2H3. The summed E-state index contributed by atoms with van der Waals surface area (Å²) in [6.45, 7) is 3.28. The van der Waals surface area contributed by atoms with Gasteiger partial charge in [0.15, 0.2) is 11.6 Å². The van der Waals surface area contributed by atoms with E-state index in [1.165, 1.54) is 0 Å². The zero-order chi connectivity index (χ0) is 14.1. The van der Waals surface area contributed by atoms with Gasteiger partial charge in [0, 0.05) is 46.2 Å². The third-order valence-corrected chi connectivity index (χ3v) is 3.94. The average Bonchev–Trinajstić information content (AvgIpc) is 3.31. The molecular weight excluding hydrogens is 254 g/mol. The summed E-state index contributed by atoms with van der Waals surface area (Å²) in [6, 6.07) is 3.98. The van der Waals surface area contributed by atoms with Crippen LogP contribution in [-0.4, -0.2) is 61.3 Å². The first-order valence-electron chi connectivity index (χ1n) is 7.20. The highest BCUT2D eigenvalue weighted by atomic mass is 16.2. The summed E-state index contributed by atoms with van der Waals surface area (Å²) in [7, 11) is 3.90. The number of piperazine rings is 1. The third-order valence-electron chi connectivity index (χ3n) is 3.94. The number of anilines is 2. The van der Waals surface area contributed by atoms with E-state index in [1.807, 2.05) is 36.0 Å². The van der Waals surface area contributed by atoms with E-state index in [1.54, 1.807) is 0 Å². The van der Waals surface area contributed by atoms with E-state index in [9.17, 15) is 4.79 Å². The molecule has 1 aliphatic heterocycles. The number of hydrogen-bond donors (Lipinski definition) is 0. The van der Waals surface area contributed by atoms with Crippen molar-refractivity contribution in [1.29, 1.82) is 0 Å². The Labute approximate surface area is 119 Å². The van der Waals surface area contributed by atoms with Crippen molar-refractivity contribution in [2.45, 2.75) is 12.8 Å². The second-order valence-corrected chi connectivity index (χ2v) is 5.73. The van der Waals surface area contributed by atoms with Crippen LogP contribution in [0.15, 0.2) is 12.1 Å². The van der Waals surface area contributed by atoms with Crippen LogP contribution in [0.2, 0.25) is 0 Å². The topological polar surface area (TPSA) is 52.6 Å².